The molecule has 0 aromatic heterocycles. The number of unbranched alkanes of at least 4 members (excludes halogenated alkanes) is 10. The molecule has 0 aromatic rings. The van der Waals surface area contributed by atoms with Crippen LogP contribution >= 0.6 is 0 Å². The molecule has 0 rings (SSSR count). The molecule has 1 heteroatoms. The van der Waals surface area contributed by atoms with Crippen molar-refractivity contribution in [2.45, 2.75) is 97.3 Å². The third kappa shape index (κ3) is 13.7. The number of carbonyl (C=O) groups is 1. The zero-order chi connectivity index (χ0) is 13.5. The molecule has 0 spiro atoms. The molecule has 0 unspecified atom stereocenters. The predicted octanol–water partition coefficient (Wildman–Crippen LogP) is 5.91. The Hall–Kier alpha value is -0.330. The fraction of sp³-hybridized carbons (Fsp3) is 0.941. The SMILES string of the molecule is CC[C@H](C)CCCCCCCCCCCCC=O. The number of aldehydes is 1. The van der Waals surface area contributed by atoms with Gasteiger partial charge in [0.05, 0.1) is 0 Å². The maximum Gasteiger partial charge on any atom is 0.119 e. The number of carbonyl (C=O) groups excluding carboxylic acids is 1. The van der Waals surface area contributed by atoms with Gasteiger partial charge < -0.3 is 4.79 Å². The van der Waals surface area contributed by atoms with Crippen LogP contribution in [0.15, 0.2) is 0 Å². The Morgan fingerprint density at radius 3 is 1.67 bits per heavy atom. The van der Waals surface area contributed by atoms with Crippen LogP contribution in [0.25, 0.3) is 0 Å². The second kappa shape index (κ2) is 14.7. The summed E-state index contributed by atoms with van der Waals surface area (Å²) in [4.78, 5) is 10.1. The quantitative estimate of drug-likeness (QED) is 0.278. The maximum absolute atomic E-state index is 10.1. The summed E-state index contributed by atoms with van der Waals surface area (Å²) in [5.74, 6) is 0.927. The van der Waals surface area contributed by atoms with Crippen molar-refractivity contribution >= 4 is 6.29 Å². The van der Waals surface area contributed by atoms with E-state index in [0.717, 1.165) is 25.0 Å². The molecular formula is C17H34O. The van der Waals surface area contributed by atoms with Crippen molar-refractivity contribution in [1.29, 1.82) is 0 Å². The Labute approximate surface area is 115 Å². The van der Waals surface area contributed by atoms with Gasteiger partial charge in [0.2, 0.25) is 0 Å². The topological polar surface area (TPSA) is 17.1 Å². The Bertz CT molecular complexity index is 165. The molecular weight excluding hydrogens is 220 g/mol. The van der Waals surface area contributed by atoms with Crippen molar-refractivity contribution in [2.24, 2.45) is 5.92 Å². The summed E-state index contributed by atoms with van der Waals surface area (Å²) >= 11 is 0. The van der Waals surface area contributed by atoms with Gasteiger partial charge in [-0.15, -0.1) is 0 Å². The largest absolute Gasteiger partial charge is 0.303 e. The molecule has 0 amide bonds. The van der Waals surface area contributed by atoms with Crippen LogP contribution < -0.4 is 0 Å². The highest BCUT2D eigenvalue weighted by atomic mass is 16.1. The van der Waals surface area contributed by atoms with E-state index in [1.807, 2.05) is 0 Å². The minimum absolute atomic E-state index is 0.760. The first-order valence-electron chi connectivity index (χ1n) is 8.24. The molecule has 18 heavy (non-hydrogen) atoms. The summed E-state index contributed by atoms with van der Waals surface area (Å²) in [6, 6.07) is 0. The summed E-state index contributed by atoms with van der Waals surface area (Å²) in [6.45, 7) is 4.66. The lowest BCUT2D eigenvalue weighted by Gasteiger charge is -2.07. The molecule has 0 saturated carbocycles. The molecule has 0 heterocycles. The number of rotatable bonds is 14. The van der Waals surface area contributed by atoms with Gasteiger partial charge >= 0.3 is 0 Å². The van der Waals surface area contributed by atoms with Gasteiger partial charge in [-0.3, -0.25) is 0 Å². The van der Waals surface area contributed by atoms with E-state index >= 15 is 0 Å². The van der Waals surface area contributed by atoms with Crippen LogP contribution in [0.1, 0.15) is 97.3 Å². The van der Waals surface area contributed by atoms with Gasteiger partial charge in [-0.05, 0) is 12.3 Å². The fourth-order valence-electron chi connectivity index (χ4n) is 2.34. The summed E-state index contributed by atoms with van der Waals surface area (Å²) < 4.78 is 0. The highest BCUT2D eigenvalue weighted by Gasteiger charge is 1.98. The third-order valence-corrected chi connectivity index (χ3v) is 3.97. The monoisotopic (exact) mass is 254 g/mol. The molecule has 0 saturated heterocycles. The lowest BCUT2D eigenvalue weighted by molar-refractivity contribution is -0.107. The Morgan fingerprint density at radius 1 is 0.778 bits per heavy atom. The molecule has 0 bridgehead atoms. The molecule has 0 radical (unpaired) electrons. The third-order valence-electron chi connectivity index (χ3n) is 3.97. The van der Waals surface area contributed by atoms with E-state index in [0.29, 0.717) is 0 Å². The second-order valence-corrected chi connectivity index (χ2v) is 5.79. The van der Waals surface area contributed by atoms with Crippen molar-refractivity contribution in [3.63, 3.8) is 0 Å². The van der Waals surface area contributed by atoms with Crippen molar-refractivity contribution in [1.82, 2.24) is 0 Å². The van der Waals surface area contributed by atoms with Crippen LogP contribution in [0, 0.1) is 5.92 Å². The van der Waals surface area contributed by atoms with E-state index in [9.17, 15) is 4.79 Å². The zero-order valence-corrected chi connectivity index (χ0v) is 12.8. The first kappa shape index (κ1) is 17.7. The second-order valence-electron chi connectivity index (χ2n) is 5.79. The Kier molecular flexibility index (Phi) is 14.5. The van der Waals surface area contributed by atoms with E-state index in [2.05, 4.69) is 13.8 Å². The highest BCUT2D eigenvalue weighted by Crippen LogP contribution is 2.15. The normalized spacial score (nSPS) is 12.6. The predicted molar refractivity (Wildman–Crippen MR) is 80.9 cm³/mol. The average Bonchev–Trinajstić information content (AvgIpc) is 2.39. The van der Waals surface area contributed by atoms with E-state index in [1.54, 1.807) is 0 Å². The van der Waals surface area contributed by atoms with E-state index in [-0.39, 0.29) is 0 Å². The van der Waals surface area contributed by atoms with Crippen LogP contribution in [-0.4, -0.2) is 6.29 Å². The van der Waals surface area contributed by atoms with E-state index < -0.39 is 0 Å². The molecule has 1 nitrogen and oxygen atoms in total. The van der Waals surface area contributed by atoms with Crippen molar-refractivity contribution < 1.29 is 4.79 Å². The zero-order valence-electron chi connectivity index (χ0n) is 12.8. The molecule has 0 N–H and O–H groups in total. The van der Waals surface area contributed by atoms with Gasteiger partial charge in [0.25, 0.3) is 0 Å². The molecule has 0 aliphatic carbocycles. The van der Waals surface area contributed by atoms with Crippen molar-refractivity contribution in [3.05, 3.63) is 0 Å². The minimum Gasteiger partial charge on any atom is -0.303 e. The van der Waals surface area contributed by atoms with Gasteiger partial charge in [-0.2, -0.15) is 0 Å². The van der Waals surface area contributed by atoms with Gasteiger partial charge in [-0.1, -0.05) is 84.5 Å². The lowest BCUT2D eigenvalue weighted by Crippen LogP contribution is -1.91. The van der Waals surface area contributed by atoms with Crippen LogP contribution in [-0.2, 0) is 4.79 Å². The van der Waals surface area contributed by atoms with Crippen LogP contribution in [0.4, 0.5) is 0 Å². The molecule has 0 aliphatic heterocycles. The van der Waals surface area contributed by atoms with Crippen molar-refractivity contribution in [3.8, 4) is 0 Å². The van der Waals surface area contributed by atoms with Crippen LogP contribution in [0.3, 0.4) is 0 Å². The molecule has 0 aliphatic rings. The van der Waals surface area contributed by atoms with Crippen LogP contribution in [0.5, 0.6) is 0 Å². The Morgan fingerprint density at radius 2 is 1.22 bits per heavy atom. The Balaban J connectivity index is 2.96. The standard InChI is InChI=1S/C17H34O/c1-3-17(2)15-13-11-9-7-5-4-6-8-10-12-14-16-18/h16-17H,3-15H2,1-2H3/t17-/m0/s1. The first-order valence-corrected chi connectivity index (χ1v) is 8.24. The van der Waals surface area contributed by atoms with Crippen LogP contribution in [0.2, 0.25) is 0 Å². The highest BCUT2D eigenvalue weighted by molar-refractivity contribution is 5.48. The summed E-state index contributed by atoms with van der Waals surface area (Å²) in [6.07, 6.45) is 18.1. The molecule has 0 fully saturated rings. The maximum atomic E-state index is 10.1. The number of hydrogen-bond donors (Lipinski definition) is 0. The fourth-order valence-corrected chi connectivity index (χ4v) is 2.34. The average molecular weight is 254 g/mol. The molecule has 0 aromatic carbocycles. The minimum atomic E-state index is 0.760. The van der Waals surface area contributed by atoms with Gasteiger partial charge in [0.15, 0.2) is 0 Å². The van der Waals surface area contributed by atoms with Crippen molar-refractivity contribution in [2.75, 3.05) is 0 Å². The molecule has 1 atom stereocenters. The van der Waals surface area contributed by atoms with Gasteiger partial charge in [0.1, 0.15) is 6.29 Å². The number of hydrogen-bond acceptors (Lipinski definition) is 1. The smallest absolute Gasteiger partial charge is 0.119 e. The van der Waals surface area contributed by atoms with E-state index in [1.165, 1.54) is 70.6 Å². The van der Waals surface area contributed by atoms with E-state index in [4.69, 9.17) is 0 Å². The van der Waals surface area contributed by atoms with Gasteiger partial charge in [0, 0.05) is 6.42 Å². The summed E-state index contributed by atoms with van der Waals surface area (Å²) in [5.41, 5.74) is 0. The van der Waals surface area contributed by atoms with Gasteiger partial charge in [-0.25, -0.2) is 0 Å². The first-order chi connectivity index (χ1) is 8.81. The lowest BCUT2D eigenvalue weighted by atomic mass is 9.99. The molecule has 108 valence electrons. The summed E-state index contributed by atoms with van der Waals surface area (Å²) in [5, 5.41) is 0. The summed E-state index contributed by atoms with van der Waals surface area (Å²) in [7, 11) is 0.